The molecule has 1 saturated heterocycles. The Morgan fingerprint density at radius 1 is 1.75 bits per heavy atom. The summed E-state index contributed by atoms with van der Waals surface area (Å²) in [7, 11) is 0. The van der Waals surface area contributed by atoms with E-state index >= 15 is 0 Å². The monoisotopic (exact) mass is 111 g/mol. The van der Waals surface area contributed by atoms with E-state index in [4.69, 9.17) is 11.5 Å². The maximum absolute atomic E-state index is 8.73. The Labute approximate surface area is 49.1 Å². The third kappa shape index (κ3) is 1.00. The van der Waals surface area contributed by atoms with Crippen molar-refractivity contribution in [2.75, 3.05) is 19.6 Å². The van der Waals surface area contributed by atoms with Gasteiger partial charge in [-0.1, -0.05) is 5.92 Å². The quantitative estimate of drug-likeness (QED) is 0.452. The van der Waals surface area contributed by atoms with E-state index in [0.717, 1.165) is 13.1 Å². The van der Waals surface area contributed by atoms with Crippen LogP contribution >= 0.6 is 0 Å². The summed E-state index contributed by atoms with van der Waals surface area (Å²) in [6, 6.07) is 0. The maximum Gasteiger partial charge on any atom is 0.0794 e. The van der Waals surface area contributed by atoms with Gasteiger partial charge in [0.1, 0.15) is 0 Å². The van der Waals surface area contributed by atoms with Crippen LogP contribution in [0.2, 0.25) is 0 Å². The molecule has 0 aromatic heterocycles. The first-order valence-corrected chi connectivity index (χ1v) is 2.67. The lowest BCUT2D eigenvalue weighted by atomic mass is 10.2. The Hall–Kier alpha value is -0.520. The fourth-order valence-electron chi connectivity index (χ4n) is 0.801. The van der Waals surface area contributed by atoms with Crippen LogP contribution in [-0.4, -0.2) is 35.7 Å². The molecule has 0 aliphatic carbocycles. The van der Waals surface area contributed by atoms with E-state index in [0.29, 0.717) is 6.54 Å². The Bertz CT molecular complexity index is 110. The van der Waals surface area contributed by atoms with Crippen molar-refractivity contribution in [3.05, 3.63) is 0 Å². The molecule has 0 unspecified atom stereocenters. The van der Waals surface area contributed by atoms with E-state index in [-0.39, 0.29) is 6.10 Å². The Kier molecular flexibility index (Phi) is 1.52. The summed E-state index contributed by atoms with van der Waals surface area (Å²) in [6.45, 7) is 2.19. The fourth-order valence-corrected chi connectivity index (χ4v) is 0.801. The van der Waals surface area contributed by atoms with Gasteiger partial charge < -0.3 is 5.11 Å². The minimum Gasteiger partial charge on any atom is -0.390 e. The van der Waals surface area contributed by atoms with E-state index in [1.54, 1.807) is 0 Å². The third-order valence-corrected chi connectivity index (χ3v) is 1.25. The second-order valence-corrected chi connectivity index (χ2v) is 2.05. The highest BCUT2D eigenvalue weighted by Gasteiger charge is 2.22. The zero-order valence-electron chi connectivity index (χ0n) is 4.67. The number of hydrogen-bond donors (Lipinski definition) is 1. The van der Waals surface area contributed by atoms with E-state index in [1.165, 1.54) is 0 Å². The molecule has 0 aromatic rings. The van der Waals surface area contributed by atoms with Crippen LogP contribution in [0.5, 0.6) is 0 Å². The number of hydrogen-bond acceptors (Lipinski definition) is 2. The summed E-state index contributed by atoms with van der Waals surface area (Å²) in [5.41, 5.74) is 0. The number of likely N-dealkylation sites (tertiary alicyclic amines) is 1. The van der Waals surface area contributed by atoms with Gasteiger partial charge in [-0.2, -0.15) is 0 Å². The lowest BCUT2D eigenvalue weighted by Crippen LogP contribution is -2.50. The van der Waals surface area contributed by atoms with Gasteiger partial charge in [-0.25, -0.2) is 0 Å². The van der Waals surface area contributed by atoms with Crippen LogP contribution in [-0.2, 0) is 0 Å². The lowest BCUT2D eigenvalue weighted by molar-refractivity contribution is 0.0111. The van der Waals surface area contributed by atoms with E-state index in [9.17, 15) is 0 Å². The molecule has 0 radical (unpaired) electrons. The Balaban J connectivity index is 2.09. The second kappa shape index (κ2) is 2.17. The molecule has 0 saturated carbocycles. The summed E-state index contributed by atoms with van der Waals surface area (Å²) < 4.78 is 0. The molecule has 1 fully saturated rings. The van der Waals surface area contributed by atoms with Gasteiger partial charge >= 0.3 is 0 Å². The Morgan fingerprint density at radius 2 is 2.38 bits per heavy atom. The van der Waals surface area contributed by atoms with Crippen molar-refractivity contribution in [2.24, 2.45) is 0 Å². The summed E-state index contributed by atoms with van der Waals surface area (Å²) >= 11 is 0. The van der Waals surface area contributed by atoms with Gasteiger partial charge in [0.25, 0.3) is 0 Å². The number of nitrogens with zero attached hydrogens (tertiary/aromatic N) is 1. The number of aliphatic hydroxyl groups excluding tert-OH is 1. The topological polar surface area (TPSA) is 23.5 Å². The van der Waals surface area contributed by atoms with Gasteiger partial charge in [-0.15, -0.1) is 6.42 Å². The van der Waals surface area contributed by atoms with E-state index < -0.39 is 0 Å². The summed E-state index contributed by atoms with van der Waals surface area (Å²) in [6.07, 6.45) is 4.89. The van der Waals surface area contributed by atoms with Gasteiger partial charge in [-0.05, 0) is 0 Å². The minimum absolute atomic E-state index is 0.122. The number of rotatable bonds is 1. The highest BCUT2D eigenvalue weighted by atomic mass is 16.3. The molecule has 44 valence electrons. The summed E-state index contributed by atoms with van der Waals surface area (Å²) in [5, 5.41) is 8.73. The summed E-state index contributed by atoms with van der Waals surface area (Å²) in [5.74, 6) is 2.50. The SMILES string of the molecule is C#CCN1CC(O)C1. The molecular formula is C6H9NO. The van der Waals surface area contributed by atoms with Crippen molar-refractivity contribution in [1.29, 1.82) is 0 Å². The smallest absolute Gasteiger partial charge is 0.0794 e. The van der Waals surface area contributed by atoms with Gasteiger partial charge in [0, 0.05) is 13.1 Å². The maximum atomic E-state index is 8.73. The first-order valence-electron chi connectivity index (χ1n) is 2.67. The van der Waals surface area contributed by atoms with Crippen LogP contribution in [0.15, 0.2) is 0 Å². The molecule has 8 heavy (non-hydrogen) atoms. The van der Waals surface area contributed by atoms with Crippen molar-refractivity contribution in [3.8, 4) is 12.3 Å². The van der Waals surface area contributed by atoms with Crippen molar-refractivity contribution in [3.63, 3.8) is 0 Å². The van der Waals surface area contributed by atoms with E-state index in [2.05, 4.69) is 5.92 Å². The zero-order chi connectivity index (χ0) is 5.98. The second-order valence-electron chi connectivity index (χ2n) is 2.05. The summed E-state index contributed by atoms with van der Waals surface area (Å²) in [4.78, 5) is 2.02. The average Bonchev–Trinajstić information content (AvgIpc) is 1.64. The van der Waals surface area contributed by atoms with Crippen LogP contribution in [0.3, 0.4) is 0 Å². The molecule has 2 nitrogen and oxygen atoms in total. The standard InChI is InChI=1S/C6H9NO/c1-2-3-7-4-6(8)5-7/h1,6,8H,3-5H2. The lowest BCUT2D eigenvalue weighted by Gasteiger charge is -2.33. The van der Waals surface area contributed by atoms with Gasteiger partial charge in [0.15, 0.2) is 0 Å². The molecule has 2 heteroatoms. The van der Waals surface area contributed by atoms with Crippen molar-refractivity contribution < 1.29 is 5.11 Å². The molecule has 1 aliphatic rings. The van der Waals surface area contributed by atoms with E-state index in [1.807, 2.05) is 4.90 Å². The van der Waals surface area contributed by atoms with Crippen LogP contribution in [0.25, 0.3) is 0 Å². The van der Waals surface area contributed by atoms with Gasteiger partial charge in [-0.3, -0.25) is 4.90 Å². The van der Waals surface area contributed by atoms with Crippen LogP contribution in [0, 0.1) is 12.3 Å². The first kappa shape index (κ1) is 5.61. The minimum atomic E-state index is -0.122. The highest BCUT2D eigenvalue weighted by molar-refractivity contribution is 4.92. The fraction of sp³-hybridized carbons (Fsp3) is 0.667. The van der Waals surface area contributed by atoms with Gasteiger partial charge in [0.05, 0.1) is 12.6 Å². The number of β-amino-alcohol motifs (C(OH)–C–C–N with tert-alkyl or cyclic N) is 1. The van der Waals surface area contributed by atoms with Crippen LogP contribution in [0.1, 0.15) is 0 Å². The molecule has 0 aromatic carbocycles. The molecule has 1 aliphatic heterocycles. The molecular weight excluding hydrogens is 102 g/mol. The molecule has 0 spiro atoms. The molecule has 1 heterocycles. The molecule has 0 bridgehead atoms. The number of terminal acetylenes is 1. The molecule has 1 rings (SSSR count). The van der Waals surface area contributed by atoms with Crippen molar-refractivity contribution in [2.45, 2.75) is 6.10 Å². The largest absolute Gasteiger partial charge is 0.390 e. The normalized spacial score (nSPS) is 22.0. The van der Waals surface area contributed by atoms with Crippen molar-refractivity contribution in [1.82, 2.24) is 4.90 Å². The molecule has 0 amide bonds. The Morgan fingerprint density at radius 3 is 2.75 bits per heavy atom. The van der Waals surface area contributed by atoms with Crippen LogP contribution in [0.4, 0.5) is 0 Å². The number of aliphatic hydroxyl groups is 1. The molecule has 0 atom stereocenters. The third-order valence-electron chi connectivity index (χ3n) is 1.25. The van der Waals surface area contributed by atoms with Crippen LogP contribution < -0.4 is 0 Å². The zero-order valence-corrected chi connectivity index (χ0v) is 4.67. The first-order chi connectivity index (χ1) is 3.83. The average molecular weight is 111 g/mol. The predicted molar refractivity (Wildman–Crippen MR) is 31.3 cm³/mol. The highest BCUT2D eigenvalue weighted by Crippen LogP contribution is 2.04. The molecule has 1 N–H and O–H groups in total. The van der Waals surface area contributed by atoms with Gasteiger partial charge in [0.2, 0.25) is 0 Å². The van der Waals surface area contributed by atoms with Crippen molar-refractivity contribution >= 4 is 0 Å². The predicted octanol–water partition coefficient (Wildman–Crippen LogP) is -0.704.